The quantitative estimate of drug-likeness (QED) is 0.904. The van der Waals surface area contributed by atoms with Crippen LogP contribution in [0.3, 0.4) is 0 Å². The normalized spacial score (nSPS) is 18.7. The Kier molecular flexibility index (Phi) is 5.82. The van der Waals surface area contributed by atoms with E-state index >= 15 is 0 Å². The molecular formula is C15H23BrN2O. The second-order valence-corrected chi connectivity index (χ2v) is 6.22. The Morgan fingerprint density at radius 3 is 2.79 bits per heavy atom. The van der Waals surface area contributed by atoms with E-state index in [1.54, 1.807) is 0 Å². The van der Waals surface area contributed by atoms with E-state index < -0.39 is 0 Å². The van der Waals surface area contributed by atoms with E-state index in [2.05, 4.69) is 52.1 Å². The second-order valence-electron chi connectivity index (χ2n) is 5.30. The summed E-state index contributed by atoms with van der Waals surface area (Å²) < 4.78 is 6.53. The van der Waals surface area contributed by atoms with Gasteiger partial charge in [-0.25, -0.2) is 0 Å². The fourth-order valence-electron chi connectivity index (χ4n) is 2.75. The molecule has 0 aromatic heterocycles. The van der Waals surface area contributed by atoms with Gasteiger partial charge in [0.15, 0.2) is 0 Å². The van der Waals surface area contributed by atoms with Gasteiger partial charge in [0.05, 0.1) is 0 Å². The van der Waals surface area contributed by atoms with Crippen LogP contribution in [-0.4, -0.2) is 38.3 Å². The number of hydrogen-bond donors (Lipinski definition) is 1. The van der Waals surface area contributed by atoms with E-state index in [0.29, 0.717) is 12.6 Å². The molecular weight excluding hydrogens is 304 g/mol. The topological polar surface area (TPSA) is 38.5 Å². The Morgan fingerprint density at radius 2 is 2.16 bits per heavy atom. The largest absolute Gasteiger partial charge is 0.381 e. The number of likely N-dealkylation sites (N-methyl/N-ethyl adjacent to an activating group) is 1. The summed E-state index contributed by atoms with van der Waals surface area (Å²) in [4.78, 5) is 2.39. The monoisotopic (exact) mass is 326 g/mol. The average molecular weight is 327 g/mol. The molecule has 1 fully saturated rings. The van der Waals surface area contributed by atoms with E-state index in [1.165, 1.54) is 18.4 Å². The Labute approximate surface area is 124 Å². The Morgan fingerprint density at radius 1 is 1.42 bits per heavy atom. The van der Waals surface area contributed by atoms with Gasteiger partial charge >= 0.3 is 0 Å². The predicted molar refractivity (Wildman–Crippen MR) is 82.1 cm³/mol. The summed E-state index contributed by atoms with van der Waals surface area (Å²) in [6, 6.07) is 8.74. The van der Waals surface area contributed by atoms with Gasteiger partial charge in [0.2, 0.25) is 0 Å². The second kappa shape index (κ2) is 7.39. The van der Waals surface area contributed by atoms with Gasteiger partial charge in [0.25, 0.3) is 0 Å². The summed E-state index contributed by atoms with van der Waals surface area (Å²) in [7, 11) is 2.17. The van der Waals surface area contributed by atoms with Crippen molar-refractivity contribution in [3.05, 3.63) is 34.3 Å². The van der Waals surface area contributed by atoms with Crippen LogP contribution < -0.4 is 5.73 Å². The lowest BCUT2D eigenvalue weighted by Gasteiger charge is -2.32. The highest BCUT2D eigenvalue weighted by Gasteiger charge is 2.21. The van der Waals surface area contributed by atoms with Crippen LogP contribution >= 0.6 is 15.9 Å². The van der Waals surface area contributed by atoms with Gasteiger partial charge in [-0.15, -0.1) is 0 Å². The highest BCUT2D eigenvalue weighted by atomic mass is 79.9. The van der Waals surface area contributed by atoms with Crippen molar-refractivity contribution in [1.82, 2.24) is 4.90 Å². The van der Waals surface area contributed by atoms with Crippen molar-refractivity contribution in [3.63, 3.8) is 0 Å². The molecule has 1 saturated heterocycles. The molecule has 0 saturated carbocycles. The molecule has 106 valence electrons. The first kappa shape index (κ1) is 15.0. The van der Waals surface area contributed by atoms with Crippen LogP contribution in [0.2, 0.25) is 0 Å². The van der Waals surface area contributed by atoms with Crippen LogP contribution in [0.5, 0.6) is 0 Å². The van der Waals surface area contributed by atoms with Crippen LogP contribution in [0, 0.1) is 5.92 Å². The first-order valence-corrected chi connectivity index (χ1v) is 7.73. The minimum Gasteiger partial charge on any atom is -0.381 e. The zero-order valence-corrected chi connectivity index (χ0v) is 13.1. The molecule has 19 heavy (non-hydrogen) atoms. The highest BCUT2D eigenvalue weighted by molar-refractivity contribution is 9.10. The maximum absolute atomic E-state index is 5.98. The number of benzene rings is 1. The first-order chi connectivity index (χ1) is 9.20. The van der Waals surface area contributed by atoms with Gasteiger partial charge in [-0.2, -0.15) is 0 Å². The highest BCUT2D eigenvalue weighted by Crippen LogP contribution is 2.24. The summed E-state index contributed by atoms with van der Waals surface area (Å²) in [6.07, 6.45) is 2.33. The number of nitrogens with zero attached hydrogens (tertiary/aromatic N) is 1. The third-order valence-corrected chi connectivity index (χ3v) is 4.37. The Hall–Kier alpha value is -0.420. The van der Waals surface area contributed by atoms with Gasteiger partial charge in [0, 0.05) is 36.8 Å². The molecule has 4 heteroatoms. The molecule has 3 nitrogen and oxygen atoms in total. The first-order valence-electron chi connectivity index (χ1n) is 6.94. The summed E-state index contributed by atoms with van der Waals surface area (Å²) in [6.45, 7) is 3.55. The number of rotatable bonds is 5. The van der Waals surface area contributed by atoms with E-state index in [-0.39, 0.29) is 0 Å². The van der Waals surface area contributed by atoms with Crippen molar-refractivity contribution in [2.45, 2.75) is 18.9 Å². The van der Waals surface area contributed by atoms with Crippen molar-refractivity contribution < 1.29 is 4.74 Å². The number of nitrogens with two attached hydrogens (primary N) is 1. The van der Waals surface area contributed by atoms with Crippen molar-refractivity contribution in [2.75, 3.05) is 33.4 Å². The molecule has 1 aliphatic rings. The van der Waals surface area contributed by atoms with Gasteiger partial charge in [0.1, 0.15) is 0 Å². The minimum atomic E-state index is 0.292. The van der Waals surface area contributed by atoms with Crippen molar-refractivity contribution >= 4 is 15.9 Å². The molecule has 0 bridgehead atoms. The van der Waals surface area contributed by atoms with Gasteiger partial charge in [-0.05, 0) is 43.5 Å². The van der Waals surface area contributed by atoms with Crippen molar-refractivity contribution in [3.8, 4) is 0 Å². The van der Waals surface area contributed by atoms with Gasteiger partial charge < -0.3 is 10.5 Å². The third-order valence-electron chi connectivity index (χ3n) is 3.88. The lowest BCUT2D eigenvalue weighted by atomic mass is 9.98. The van der Waals surface area contributed by atoms with Crippen LogP contribution in [-0.2, 0) is 4.74 Å². The fourth-order valence-corrected chi connectivity index (χ4v) is 3.16. The van der Waals surface area contributed by atoms with E-state index in [0.717, 1.165) is 30.1 Å². The van der Waals surface area contributed by atoms with E-state index in [4.69, 9.17) is 10.5 Å². The molecule has 1 heterocycles. The average Bonchev–Trinajstić information content (AvgIpc) is 2.41. The van der Waals surface area contributed by atoms with Crippen LogP contribution in [0.15, 0.2) is 28.7 Å². The molecule has 0 amide bonds. The number of halogens is 1. The number of ether oxygens (including phenoxy) is 1. The third kappa shape index (κ3) is 4.28. The summed E-state index contributed by atoms with van der Waals surface area (Å²) >= 11 is 3.53. The molecule has 0 radical (unpaired) electrons. The standard InChI is InChI=1S/C15H23BrN2O/c1-18(11-12-5-7-19-8-6-12)15(10-17)13-3-2-4-14(16)9-13/h2-4,9,12,15H,5-8,10-11,17H2,1H3. The van der Waals surface area contributed by atoms with Crippen LogP contribution in [0.1, 0.15) is 24.4 Å². The van der Waals surface area contributed by atoms with E-state index in [1.807, 2.05) is 0 Å². The molecule has 2 N–H and O–H groups in total. The van der Waals surface area contributed by atoms with Crippen LogP contribution in [0.4, 0.5) is 0 Å². The lowest BCUT2D eigenvalue weighted by Crippen LogP contribution is -2.36. The summed E-state index contributed by atoms with van der Waals surface area (Å²) in [5.41, 5.74) is 7.26. The molecule has 0 spiro atoms. The Balaban J connectivity index is 1.99. The number of hydrogen-bond acceptors (Lipinski definition) is 3. The van der Waals surface area contributed by atoms with Gasteiger partial charge in [-0.1, -0.05) is 28.1 Å². The predicted octanol–water partition coefficient (Wildman–Crippen LogP) is 2.81. The maximum Gasteiger partial charge on any atom is 0.0469 e. The lowest BCUT2D eigenvalue weighted by molar-refractivity contribution is 0.0507. The minimum absolute atomic E-state index is 0.292. The van der Waals surface area contributed by atoms with Crippen molar-refractivity contribution in [1.29, 1.82) is 0 Å². The Bertz CT molecular complexity index is 393. The SMILES string of the molecule is CN(CC1CCOCC1)C(CN)c1cccc(Br)c1. The van der Waals surface area contributed by atoms with Gasteiger partial charge in [-0.3, -0.25) is 4.90 Å². The summed E-state index contributed by atoms with van der Waals surface area (Å²) in [5.74, 6) is 0.736. The molecule has 1 aliphatic heterocycles. The molecule has 0 aliphatic carbocycles. The molecule has 1 unspecified atom stereocenters. The fraction of sp³-hybridized carbons (Fsp3) is 0.600. The zero-order chi connectivity index (χ0) is 13.7. The molecule has 2 rings (SSSR count). The smallest absolute Gasteiger partial charge is 0.0469 e. The molecule has 1 aromatic carbocycles. The van der Waals surface area contributed by atoms with E-state index in [9.17, 15) is 0 Å². The van der Waals surface area contributed by atoms with Crippen molar-refractivity contribution in [2.24, 2.45) is 11.7 Å². The maximum atomic E-state index is 5.98. The molecule has 1 atom stereocenters. The molecule has 1 aromatic rings. The zero-order valence-electron chi connectivity index (χ0n) is 11.5. The van der Waals surface area contributed by atoms with Crippen LogP contribution in [0.25, 0.3) is 0 Å². The summed E-state index contributed by atoms with van der Waals surface area (Å²) in [5, 5.41) is 0.